The molecule has 108 valence electrons. The predicted octanol–water partition coefficient (Wildman–Crippen LogP) is 3.13. The maximum absolute atomic E-state index is 12.2. The second-order valence-corrected chi connectivity index (χ2v) is 7.68. The monoisotopic (exact) mass is 310 g/mol. The van der Waals surface area contributed by atoms with E-state index >= 15 is 0 Å². The van der Waals surface area contributed by atoms with Crippen molar-refractivity contribution in [2.45, 2.75) is 30.5 Å². The lowest BCUT2D eigenvalue weighted by molar-refractivity contribution is 0.603. The van der Waals surface area contributed by atoms with Gasteiger partial charge in [-0.2, -0.15) is 0 Å². The summed E-state index contributed by atoms with van der Waals surface area (Å²) in [5, 5.41) is 1.76. The first-order valence-corrected chi connectivity index (χ1v) is 8.69. The summed E-state index contributed by atoms with van der Waals surface area (Å²) < 4.78 is 27.3. The summed E-state index contributed by atoms with van der Waals surface area (Å²) in [5.41, 5.74) is 8.06. The van der Waals surface area contributed by atoms with E-state index in [9.17, 15) is 8.42 Å². The molecular formula is C14H18N2O2S2. The number of rotatable bonds is 5. The lowest BCUT2D eigenvalue weighted by Gasteiger charge is -2.09. The van der Waals surface area contributed by atoms with Gasteiger partial charge < -0.3 is 5.73 Å². The first-order valence-electron chi connectivity index (χ1n) is 6.32. The molecule has 0 spiro atoms. The largest absolute Gasteiger partial charge is 0.326 e. The molecule has 0 atom stereocenters. The van der Waals surface area contributed by atoms with E-state index in [0.29, 0.717) is 18.2 Å². The van der Waals surface area contributed by atoms with Gasteiger partial charge in [0.15, 0.2) is 0 Å². The number of thiophene rings is 1. The van der Waals surface area contributed by atoms with Crippen LogP contribution in [0.1, 0.15) is 30.9 Å². The maximum Gasteiger partial charge on any atom is 0.271 e. The van der Waals surface area contributed by atoms with Crippen LogP contribution in [-0.4, -0.2) is 8.42 Å². The van der Waals surface area contributed by atoms with E-state index in [1.54, 1.807) is 23.6 Å². The van der Waals surface area contributed by atoms with Crippen molar-refractivity contribution in [3.63, 3.8) is 0 Å². The van der Waals surface area contributed by atoms with Crippen molar-refractivity contribution in [1.82, 2.24) is 0 Å². The van der Waals surface area contributed by atoms with Crippen molar-refractivity contribution in [1.29, 1.82) is 0 Å². The molecule has 2 rings (SSSR count). The van der Waals surface area contributed by atoms with Crippen LogP contribution in [-0.2, 0) is 16.6 Å². The molecule has 1 heterocycles. The summed E-state index contributed by atoms with van der Waals surface area (Å²) in [6.07, 6.45) is 0. The van der Waals surface area contributed by atoms with Crippen LogP contribution in [0.25, 0.3) is 0 Å². The minimum absolute atomic E-state index is 0.283. The van der Waals surface area contributed by atoms with E-state index in [0.717, 1.165) is 5.56 Å². The highest BCUT2D eigenvalue weighted by atomic mass is 32.2. The molecule has 0 radical (unpaired) electrons. The second-order valence-electron chi connectivity index (χ2n) is 4.86. The third kappa shape index (κ3) is 3.39. The highest BCUT2D eigenvalue weighted by molar-refractivity contribution is 7.94. The predicted molar refractivity (Wildman–Crippen MR) is 83.5 cm³/mol. The third-order valence-electron chi connectivity index (χ3n) is 2.96. The molecule has 0 amide bonds. The van der Waals surface area contributed by atoms with Gasteiger partial charge >= 0.3 is 0 Å². The molecule has 1 aromatic carbocycles. The van der Waals surface area contributed by atoms with Gasteiger partial charge in [-0.05, 0) is 40.6 Å². The molecule has 0 saturated carbocycles. The van der Waals surface area contributed by atoms with Gasteiger partial charge in [0.1, 0.15) is 4.21 Å². The van der Waals surface area contributed by atoms with Crippen LogP contribution >= 0.6 is 11.3 Å². The molecule has 4 nitrogen and oxygen atoms in total. The van der Waals surface area contributed by atoms with E-state index < -0.39 is 10.0 Å². The molecule has 20 heavy (non-hydrogen) atoms. The van der Waals surface area contributed by atoms with Gasteiger partial charge in [-0.15, -0.1) is 11.3 Å². The minimum atomic E-state index is -3.52. The smallest absolute Gasteiger partial charge is 0.271 e. The summed E-state index contributed by atoms with van der Waals surface area (Å²) in [6.45, 7) is 4.54. The van der Waals surface area contributed by atoms with Gasteiger partial charge in [0.25, 0.3) is 10.0 Å². The van der Waals surface area contributed by atoms with Crippen molar-refractivity contribution >= 4 is 27.0 Å². The zero-order valence-corrected chi connectivity index (χ0v) is 13.1. The Morgan fingerprint density at radius 2 is 1.90 bits per heavy atom. The van der Waals surface area contributed by atoms with Gasteiger partial charge in [-0.1, -0.05) is 26.0 Å². The molecule has 0 bridgehead atoms. The van der Waals surface area contributed by atoms with Crippen LogP contribution in [0.4, 0.5) is 5.69 Å². The Kier molecular flexibility index (Phi) is 4.47. The van der Waals surface area contributed by atoms with Crippen LogP contribution < -0.4 is 10.5 Å². The van der Waals surface area contributed by atoms with E-state index in [1.165, 1.54) is 16.9 Å². The minimum Gasteiger partial charge on any atom is -0.326 e. The van der Waals surface area contributed by atoms with E-state index in [1.807, 2.05) is 12.1 Å². The van der Waals surface area contributed by atoms with Gasteiger partial charge in [-0.25, -0.2) is 8.42 Å². The molecule has 0 aliphatic heterocycles. The summed E-state index contributed by atoms with van der Waals surface area (Å²) in [4.78, 5) is 0. The Labute approximate surface area is 123 Å². The summed E-state index contributed by atoms with van der Waals surface area (Å²) >= 11 is 1.18. The van der Waals surface area contributed by atoms with E-state index in [2.05, 4.69) is 18.6 Å². The fourth-order valence-electron chi connectivity index (χ4n) is 1.74. The van der Waals surface area contributed by atoms with Crippen LogP contribution in [0, 0.1) is 0 Å². The average Bonchev–Trinajstić information content (AvgIpc) is 2.88. The topological polar surface area (TPSA) is 72.2 Å². The van der Waals surface area contributed by atoms with Crippen molar-refractivity contribution in [2.75, 3.05) is 4.72 Å². The Morgan fingerprint density at radius 3 is 2.40 bits per heavy atom. The number of nitrogens with one attached hydrogen (secondary N) is 1. The van der Waals surface area contributed by atoms with Crippen molar-refractivity contribution in [3.05, 3.63) is 46.8 Å². The number of benzene rings is 1. The lowest BCUT2D eigenvalue weighted by Crippen LogP contribution is -2.11. The van der Waals surface area contributed by atoms with Crippen LogP contribution in [0.5, 0.6) is 0 Å². The van der Waals surface area contributed by atoms with Crippen LogP contribution in [0.2, 0.25) is 0 Å². The number of sulfonamides is 1. The van der Waals surface area contributed by atoms with Gasteiger partial charge in [-0.3, -0.25) is 4.72 Å². The molecule has 0 aliphatic carbocycles. The fraction of sp³-hybridized carbons (Fsp3) is 0.286. The summed E-state index contributed by atoms with van der Waals surface area (Å²) in [7, 11) is -3.52. The molecule has 0 unspecified atom stereocenters. The maximum atomic E-state index is 12.2. The first kappa shape index (κ1) is 15.0. The molecule has 0 aliphatic rings. The highest BCUT2D eigenvalue weighted by Crippen LogP contribution is 2.24. The average molecular weight is 310 g/mol. The fourth-order valence-corrected chi connectivity index (χ4v) is 4.02. The Hall–Kier alpha value is -1.37. The molecule has 6 heteroatoms. The van der Waals surface area contributed by atoms with Gasteiger partial charge in [0.05, 0.1) is 0 Å². The van der Waals surface area contributed by atoms with Crippen molar-refractivity contribution < 1.29 is 8.42 Å². The second kappa shape index (κ2) is 5.95. The molecular weight excluding hydrogens is 292 g/mol. The standard InChI is InChI=1S/C14H18N2O2S2/c1-10(2)12-3-5-13(6-4-12)16-20(17,18)14-7-11(8-15)9-19-14/h3-7,9-10,16H,8,15H2,1-2H3. The quantitative estimate of drug-likeness (QED) is 0.891. The Bertz CT molecular complexity index is 673. The molecule has 2 aromatic rings. The number of nitrogens with two attached hydrogens (primary N) is 1. The summed E-state index contributed by atoms with van der Waals surface area (Å²) in [6, 6.07) is 9.04. The lowest BCUT2D eigenvalue weighted by atomic mass is 10.0. The normalized spacial score (nSPS) is 11.8. The van der Waals surface area contributed by atoms with Crippen LogP contribution in [0.3, 0.4) is 0 Å². The highest BCUT2D eigenvalue weighted by Gasteiger charge is 2.16. The Morgan fingerprint density at radius 1 is 1.25 bits per heavy atom. The van der Waals surface area contributed by atoms with E-state index in [-0.39, 0.29) is 4.21 Å². The van der Waals surface area contributed by atoms with E-state index in [4.69, 9.17) is 5.73 Å². The van der Waals surface area contributed by atoms with Gasteiger partial charge in [0, 0.05) is 12.2 Å². The molecule has 1 aromatic heterocycles. The number of hydrogen-bond acceptors (Lipinski definition) is 4. The van der Waals surface area contributed by atoms with Crippen LogP contribution in [0.15, 0.2) is 39.9 Å². The summed E-state index contributed by atoms with van der Waals surface area (Å²) in [5.74, 6) is 0.421. The Balaban J connectivity index is 2.19. The molecule has 3 N–H and O–H groups in total. The third-order valence-corrected chi connectivity index (χ3v) is 5.83. The molecule has 0 saturated heterocycles. The van der Waals surface area contributed by atoms with Gasteiger partial charge in [0.2, 0.25) is 0 Å². The number of hydrogen-bond donors (Lipinski definition) is 2. The zero-order chi connectivity index (χ0) is 14.8. The van der Waals surface area contributed by atoms with Crippen molar-refractivity contribution in [3.8, 4) is 0 Å². The zero-order valence-electron chi connectivity index (χ0n) is 11.5. The first-order chi connectivity index (χ1) is 9.42. The molecule has 0 fully saturated rings. The van der Waals surface area contributed by atoms with Crippen molar-refractivity contribution in [2.24, 2.45) is 5.73 Å². The SMILES string of the molecule is CC(C)c1ccc(NS(=O)(=O)c2cc(CN)cs2)cc1. The number of anilines is 1.